The minimum absolute atomic E-state index is 0.0735. The van der Waals surface area contributed by atoms with Gasteiger partial charge in [-0.25, -0.2) is 0 Å². The molecule has 0 bridgehead atoms. The van der Waals surface area contributed by atoms with E-state index in [1.807, 2.05) is 6.92 Å². The number of nitrogens with one attached hydrogen (secondary N) is 1. The maximum atomic E-state index is 11.4. The Morgan fingerprint density at radius 1 is 1.11 bits per heavy atom. The van der Waals surface area contributed by atoms with Gasteiger partial charge in [0.2, 0.25) is 5.91 Å². The first-order chi connectivity index (χ1) is 8.87. The molecule has 0 aromatic rings. The summed E-state index contributed by atoms with van der Waals surface area (Å²) in [5.41, 5.74) is 0.602. The number of hydrogen-bond acceptors (Lipinski definition) is 3. The number of unbranched alkanes of at least 4 members (excludes halogenated alkanes) is 5. The van der Waals surface area contributed by atoms with Crippen molar-refractivity contribution >= 4 is 16.0 Å². The van der Waals surface area contributed by atoms with Crippen molar-refractivity contribution in [3.05, 3.63) is 12.2 Å². The van der Waals surface area contributed by atoms with Crippen LogP contribution in [0, 0.1) is 0 Å². The van der Waals surface area contributed by atoms with Gasteiger partial charge >= 0.3 is 0 Å². The first-order valence-corrected chi connectivity index (χ1v) is 8.39. The Balaban J connectivity index is 3.33. The number of carbonyl (C=O) groups excluding carboxylic acids is 1. The normalized spacial score (nSPS) is 11.3. The van der Waals surface area contributed by atoms with Crippen LogP contribution in [-0.4, -0.2) is 31.2 Å². The Hall–Kier alpha value is -0.880. The zero-order valence-corrected chi connectivity index (χ0v) is 12.5. The fourth-order valence-corrected chi connectivity index (χ4v) is 2.17. The second-order valence-corrected chi connectivity index (χ2v) is 6.19. The fraction of sp³-hybridized carbons (Fsp3) is 0.769. The van der Waals surface area contributed by atoms with Crippen LogP contribution in [0.15, 0.2) is 12.2 Å². The summed E-state index contributed by atoms with van der Waals surface area (Å²) in [4.78, 5) is 11.4. The van der Waals surface area contributed by atoms with Crippen molar-refractivity contribution in [2.24, 2.45) is 0 Å². The van der Waals surface area contributed by atoms with Gasteiger partial charge in [-0.3, -0.25) is 9.35 Å². The van der Waals surface area contributed by atoms with E-state index < -0.39 is 10.1 Å². The van der Waals surface area contributed by atoms with E-state index in [1.165, 1.54) is 0 Å². The second kappa shape index (κ2) is 9.97. The number of amides is 1. The van der Waals surface area contributed by atoms with Gasteiger partial charge in [-0.15, -0.1) is 0 Å². The summed E-state index contributed by atoms with van der Waals surface area (Å²) in [5.74, 6) is -0.224. The Labute approximate surface area is 116 Å². The van der Waals surface area contributed by atoms with Crippen LogP contribution in [0.5, 0.6) is 0 Å². The lowest BCUT2D eigenvalue weighted by Crippen LogP contribution is -2.25. The zero-order chi connectivity index (χ0) is 14.7. The van der Waals surface area contributed by atoms with Crippen molar-refractivity contribution in [3.8, 4) is 0 Å². The molecule has 0 aliphatic carbocycles. The maximum absolute atomic E-state index is 11.4. The van der Waals surface area contributed by atoms with Crippen molar-refractivity contribution in [2.45, 2.75) is 51.9 Å². The average molecular weight is 291 g/mol. The van der Waals surface area contributed by atoms with Crippen LogP contribution in [-0.2, 0) is 14.9 Å². The van der Waals surface area contributed by atoms with Crippen LogP contribution in [0.4, 0.5) is 0 Å². The zero-order valence-electron chi connectivity index (χ0n) is 11.7. The quantitative estimate of drug-likeness (QED) is 0.347. The van der Waals surface area contributed by atoms with Gasteiger partial charge < -0.3 is 5.32 Å². The topological polar surface area (TPSA) is 83.5 Å². The molecule has 0 rings (SSSR count). The van der Waals surface area contributed by atoms with Crippen LogP contribution in [0.3, 0.4) is 0 Å². The van der Waals surface area contributed by atoms with Gasteiger partial charge in [-0.2, -0.15) is 8.42 Å². The SMILES string of the molecule is C=C(CC)C(=O)NCCCCCCCCS(=O)(=O)O. The predicted molar refractivity (Wildman–Crippen MR) is 76.6 cm³/mol. The summed E-state index contributed by atoms with van der Waals surface area (Å²) in [6, 6.07) is 0. The predicted octanol–water partition coefficient (Wildman–Crippen LogP) is 2.30. The van der Waals surface area contributed by atoms with Gasteiger partial charge in [0.15, 0.2) is 0 Å². The van der Waals surface area contributed by atoms with Gasteiger partial charge in [0.1, 0.15) is 0 Å². The van der Waals surface area contributed by atoms with E-state index in [1.54, 1.807) is 0 Å². The molecule has 0 fully saturated rings. The van der Waals surface area contributed by atoms with Crippen LogP contribution < -0.4 is 5.32 Å². The molecule has 0 atom stereocenters. The molecule has 0 unspecified atom stereocenters. The molecule has 112 valence electrons. The van der Waals surface area contributed by atoms with Gasteiger partial charge in [0.05, 0.1) is 5.75 Å². The van der Waals surface area contributed by atoms with Crippen LogP contribution in [0.2, 0.25) is 0 Å². The summed E-state index contributed by atoms with van der Waals surface area (Å²) in [7, 11) is -3.80. The highest BCUT2D eigenvalue weighted by Crippen LogP contribution is 2.06. The molecule has 0 aliphatic rings. The third kappa shape index (κ3) is 11.9. The Kier molecular flexibility index (Phi) is 9.51. The highest BCUT2D eigenvalue weighted by atomic mass is 32.2. The van der Waals surface area contributed by atoms with Crippen LogP contribution >= 0.6 is 0 Å². The van der Waals surface area contributed by atoms with Crippen molar-refractivity contribution in [3.63, 3.8) is 0 Å². The molecule has 1 amide bonds. The molecule has 2 N–H and O–H groups in total. The lowest BCUT2D eigenvalue weighted by molar-refractivity contribution is -0.117. The molecule has 0 saturated heterocycles. The summed E-state index contributed by atoms with van der Waals surface area (Å²) in [5, 5.41) is 2.80. The Bertz CT molecular complexity index is 376. The van der Waals surface area contributed by atoms with E-state index in [-0.39, 0.29) is 11.7 Å². The smallest absolute Gasteiger partial charge is 0.264 e. The minimum atomic E-state index is -3.80. The van der Waals surface area contributed by atoms with E-state index in [9.17, 15) is 13.2 Å². The Morgan fingerprint density at radius 2 is 1.63 bits per heavy atom. The van der Waals surface area contributed by atoms with Crippen molar-refractivity contribution in [1.82, 2.24) is 5.32 Å². The molecule has 19 heavy (non-hydrogen) atoms. The third-order valence-electron chi connectivity index (χ3n) is 2.86. The molecular weight excluding hydrogens is 266 g/mol. The number of carbonyl (C=O) groups is 1. The molecule has 0 heterocycles. The van der Waals surface area contributed by atoms with E-state index in [0.717, 1.165) is 32.1 Å². The van der Waals surface area contributed by atoms with Crippen molar-refractivity contribution in [1.29, 1.82) is 0 Å². The lowest BCUT2D eigenvalue weighted by atomic mass is 10.1. The van der Waals surface area contributed by atoms with Crippen LogP contribution in [0.25, 0.3) is 0 Å². The average Bonchev–Trinajstić information content (AvgIpc) is 2.34. The van der Waals surface area contributed by atoms with Gasteiger partial charge in [0.25, 0.3) is 10.1 Å². The van der Waals surface area contributed by atoms with Crippen molar-refractivity contribution < 1.29 is 17.8 Å². The summed E-state index contributed by atoms with van der Waals surface area (Å²) >= 11 is 0. The molecular formula is C13H25NO4S. The maximum Gasteiger partial charge on any atom is 0.264 e. The summed E-state index contributed by atoms with van der Waals surface area (Å²) < 4.78 is 29.4. The molecule has 0 aromatic carbocycles. The number of rotatable bonds is 11. The molecule has 5 nitrogen and oxygen atoms in total. The lowest BCUT2D eigenvalue weighted by Gasteiger charge is -2.05. The first-order valence-electron chi connectivity index (χ1n) is 6.78. The largest absolute Gasteiger partial charge is 0.352 e. The third-order valence-corrected chi connectivity index (χ3v) is 3.67. The first kappa shape index (κ1) is 18.1. The monoisotopic (exact) mass is 291 g/mol. The van der Waals surface area contributed by atoms with Crippen LogP contribution in [0.1, 0.15) is 51.9 Å². The van der Waals surface area contributed by atoms with Gasteiger partial charge in [0, 0.05) is 12.1 Å². The second-order valence-electron chi connectivity index (χ2n) is 4.62. The minimum Gasteiger partial charge on any atom is -0.352 e. The molecule has 0 spiro atoms. The van der Waals surface area contributed by atoms with E-state index in [0.29, 0.717) is 25.0 Å². The molecule has 0 radical (unpaired) electrons. The Morgan fingerprint density at radius 3 is 2.16 bits per heavy atom. The van der Waals surface area contributed by atoms with Crippen molar-refractivity contribution in [2.75, 3.05) is 12.3 Å². The molecule has 0 aromatic heterocycles. The number of hydrogen-bond donors (Lipinski definition) is 2. The molecule has 6 heteroatoms. The molecule has 0 aliphatic heterocycles. The van der Waals surface area contributed by atoms with E-state index >= 15 is 0 Å². The van der Waals surface area contributed by atoms with E-state index in [4.69, 9.17) is 4.55 Å². The summed E-state index contributed by atoms with van der Waals surface area (Å²) in [6.45, 7) is 6.21. The highest BCUT2D eigenvalue weighted by molar-refractivity contribution is 7.85. The molecule has 0 saturated carbocycles. The fourth-order valence-electron chi connectivity index (χ4n) is 1.60. The highest BCUT2D eigenvalue weighted by Gasteiger charge is 2.04. The summed E-state index contributed by atoms with van der Waals surface area (Å²) in [6.07, 6.45) is 5.86. The standard InChI is InChI=1S/C13H25NO4S/c1-3-12(2)13(15)14-10-8-6-4-5-7-9-11-19(16,17)18/h2-11H2,1H3,(H,14,15)(H,16,17,18). The van der Waals surface area contributed by atoms with Gasteiger partial charge in [-0.1, -0.05) is 39.2 Å². The van der Waals surface area contributed by atoms with E-state index in [2.05, 4.69) is 11.9 Å². The van der Waals surface area contributed by atoms with Gasteiger partial charge in [-0.05, 0) is 19.3 Å².